The normalized spacial score (nSPS) is 23.5. The molecule has 3 aliphatic carbocycles. The minimum atomic E-state index is -2.98. The van der Waals surface area contributed by atoms with Crippen LogP contribution >= 0.6 is 14.6 Å². The number of hydrogen-bond donors (Lipinski definition) is 0. The van der Waals surface area contributed by atoms with E-state index >= 15 is 0 Å². The molecule has 0 radical (unpaired) electrons. The van der Waals surface area contributed by atoms with E-state index < -0.39 is 14.6 Å². The molecule has 3 saturated carbocycles. The second kappa shape index (κ2) is 13.7. The fourth-order valence-corrected chi connectivity index (χ4v) is 19.3. The van der Waals surface area contributed by atoms with Crippen LogP contribution in [0.3, 0.4) is 0 Å². The van der Waals surface area contributed by atoms with Gasteiger partial charge in [0.25, 0.3) is 0 Å². The maximum atomic E-state index is 7.32. The maximum absolute atomic E-state index is 7.32. The average Bonchev–Trinajstić information content (AvgIpc) is 2.81. The standard InChI is InChI=1S/C27H50O3P2/c1-4-22-31(23-5-2,24-6-3)32(28-25-16-10-7-11-17-25,29-26-18-12-8-13-19-26)30-27-20-14-9-15-21-27/h4-6,25-27,31-32H,1-3,7-24H2. The number of rotatable bonds is 13. The summed E-state index contributed by atoms with van der Waals surface area (Å²) in [5.41, 5.74) is 0. The van der Waals surface area contributed by atoms with Crippen LogP contribution in [0.2, 0.25) is 0 Å². The van der Waals surface area contributed by atoms with Crippen molar-refractivity contribution in [2.75, 3.05) is 18.5 Å². The Morgan fingerprint density at radius 2 is 0.781 bits per heavy atom. The minimum absolute atomic E-state index is 0.286. The summed E-state index contributed by atoms with van der Waals surface area (Å²) >= 11 is 0. The van der Waals surface area contributed by atoms with E-state index in [9.17, 15) is 0 Å². The van der Waals surface area contributed by atoms with Gasteiger partial charge in [0.1, 0.15) is 0 Å². The Morgan fingerprint density at radius 1 is 0.500 bits per heavy atom. The summed E-state index contributed by atoms with van der Waals surface area (Å²) in [5, 5.41) is 0. The summed E-state index contributed by atoms with van der Waals surface area (Å²) in [6.45, 7) is 10.3. The van der Waals surface area contributed by atoms with Crippen LogP contribution in [0.4, 0.5) is 0 Å². The van der Waals surface area contributed by atoms with E-state index in [1.54, 1.807) is 0 Å². The van der Waals surface area contributed by atoms with Crippen LogP contribution in [0.1, 0.15) is 96.3 Å². The summed E-state index contributed by atoms with van der Waals surface area (Å²) in [5.74, 6) is 0. The molecule has 0 aromatic carbocycles. The van der Waals surface area contributed by atoms with Crippen molar-refractivity contribution in [3.05, 3.63) is 38.0 Å². The van der Waals surface area contributed by atoms with Gasteiger partial charge in [-0.25, -0.2) is 0 Å². The van der Waals surface area contributed by atoms with Crippen molar-refractivity contribution in [3.63, 3.8) is 0 Å². The molecule has 0 heterocycles. The van der Waals surface area contributed by atoms with Crippen LogP contribution in [0.15, 0.2) is 38.0 Å². The first-order chi connectivity index (χ1) is 15.7. The molecular weight excluding hydrogens is 434 g/mol. The Bertz CT molecular complexity index is 499. The Kier molecular flexibility index (Phi) is 11.4. The number of allylic oxidation sites excluding steroid dienone is 3. The predicted octanol–water partition coefficient (Wildman–Crippen LogP) is 8.75. The predicted molar refractivity (Wildman–Crippen MR) is 146 cm³/mol. The molecule has 3 rings (SSSR count). The first-order valence-corrected chi connectivity index (χ1v) is 18.9. The van der Waals surface area contributed by atoms with Gasteiger partial charge in [0.15, 0.2) is 0 Å². The van der Waals surface area contributed by atoms with Crippen LogP contribution in [0, 0.1) is 0 Å². The van der Waals surface area contributed by atoms with Gasteiger partial charge in [-0.2, -0.15) is 0 Å². The van der Waals surface area contributed by atoms with Gasteiger partial charge < -0.3 is 0 Å². The van der Waals surface area contributed by atoms with Crippen LogP contribution in [-0.2, 0) is 13.6 Å². The van der Waals surface area contributed by atoms with E-state index in [1.807, 2.05) is 0 Å². The molecule has 0 aromatic rings. The first kappa shape index (κ1) is 26.6. The van der Waals surface area contributed by atoms with Gasteiger partial charge in [-0.3, -0.25) is 0 Å². The zero-order chi connectivity index (χ0) is 22.7. The fraction of sp³-hybridized carbons (Fsp3) is 0.778. The fourth-order valence-electron chi connectivity index (χ4n) is 6.12. The van der Waals surface area contributed by atoms with Gasteiger partial charge in [-0.05, 0) is 0 Å². The number of hydrogen-bond acceptors (Lipinski definition) is 3. The van der Waals surface area contributed by atoms with Crippen molar-refractivity contribution in [2.24, 2.45) is 0 Å². The third-order valence-corrected chi connectivity index (χ3v) is 21.1. The zero-order valence-electron chi connectivity index (χ0n) is 20.5. The SMILES string of the molecule is C=CC[PH](CC=C)(CC=C)[PH](OC1CCCCC1)(OC1CCCCC1)OC1CCCCC1. The van der Waals surface area contributed by atoms with E-state index in [2.05, 4.69) is 38.0 Å². The van der Waals surface area contributed by atoms with E-state index in [4.69, 9.17) is 13.6 Å². The quantitative estimate of drug-likeness (QED) is 0.193. The summed E-state index contributed by atoms with van der Waals surface area (Å²) in [6.07, 6.45) is 28.6. The topological polar surface area (TPSA) is 27.7 Å². The van der Waals surface area contributed by atoms with Crippen molar-refractivity contribution in [1.82, 2.24) is 0 Å². The molecule has 0 N–H and O–H groups in total. The molecule has 0 amide bonds. The summed E-state index contributed by atoms with van der Waals surface area (Å²) in [4.78, 5) is 0. The van der Waals surface area contributed by atoms with Gasteiger partial charge in [0.2, 0.25) is 0 Å². The third-order valence-electron chi connectivity index (χ3n) is 7.88. The molecule has 0 unspecified atom stereocenters. The molecule has 0 spiro atoms. The monoisotopic (exact) mass is 484 g/mol. The Morgan fingerprint density at radius 3 is 1.03 bits per heavy atom. The van der Waals surface area contributed by atoms with Crippen molar-refractivity contribution in [2.45, 2.75) is 115 Å². The first-order valence-electron chi connectivity index (χ1n) is 13.5. The van der Waals surface area contributed by atoms with Crippen molar-refractivity contribution in [3.8, 4) is 0 Å². The van der Waals surface area contributed by atoms with Crippen molar-refractivity contribution >= 4 is 14.6 Å². The van der Waals surface area contributed by atoms with E-state index in [-0.39, 0.29) is 18.3 Å². The molecule has 5 heteroatoms. The van der Waals surface area contributed by atoms with Gasteiger partial charge >= 0.3 is 199 Å². The van der Waals surface area contributed by atoms with Crippen LogP contribution in [0.5, 0.6) is 0 Å². The van der Waals surface area contributed by atoms with Gasteiger partial charge in [0, 0.05) is 0 Å². The zero-order valence-corrected chi connectivity index (χ0v) is 22.5. The Hall–Kier alpha value is -0.0400. The van der Waals surface area contributed by atoms with Crippen LogP contribution in [-0.4, -0.2) is 36.8 Å². The summed E-state index contributed by atoms with van der Waals surface area (Å²) < 4.78 is 22.0. The molecule has 0 bridgehead atoms. The van der Waals surface area contributed by atoms with Crippen LogP contribution < -0.4 is 0 Å². The molecule has 32 heavy (non-hydrogen) atoms. The molecule has 186 valence electrons. The Labute approximate surface area is 199 Å². The summed E-state index contributed by atoms with van der Waals surface area (Å²) in [6, 6.07) is 0. The van der Waals surface area contributed by atoms with Crippen LogP contribution in [0.25, 0.3) is 0 Å². The van der Waals surface area contributed by atoms with Crippen molar-refractivity contribution < 1.29 is 13.6 Å². The van der Waals surface area contributed by atoms with Gasteiger partial charge in [-0.1, -0.05) is 0 Å². The van der Waals surface area contributed by atoms with Gasteiger partial charge in [0.05, 0.1) is 0 Å². The van der Waals surface area contributed by atoms with E-state index in [1.165, 1.54) is 57.8 Å². The second-order valence-electron chi connectivity index (χ2n) is 10.4. The van der Waals surface area contributed by atoms with Crippen molar-refractivity contribution in [1.29, 1.82) is 0 Å². The summed E-state index contributed by atoms with van der Waals surface area (Å²) in [7, 11) is -2.98. The Balaban J connectivity index is 2.02. The molecule has 3 aliphatic rings. The van der Waals surface area contributed by atoms with E-state index in [0.717, 1.165) is 57.0 Å². The average molecular weight is 485 g/mol. The molecule has 3 fully saturated rings. The molecule has 0 atom stereocenters. The molecule has 0 aromatic heterocycles. The molecule has 3 nitrogen and oxygen atoms in total. The molecule has 0 aliphatic heterocycles. The second-order valence-corrected chi connectivity index (χ2v) is 21.1. The van der Waals surface area contributed by atoms with E-state index in [0.29, 0.717) is 0 Å². The van der Waals surface area contributed by atoms with Gasteiger partial charge in [-0.15, -0.1) is 0 Å². The molecular formula is C27H50O3P2. The third kappa shape index (κ3) is 6.99. The molecule has 0 saturated heterocycles.